The molecule has 0 amide bonds. The van der Waals surface area contributed by atoms with Crippen molar-refractivity contribution in [3.63, 3.8) is 0 Å². The molecule has 4 nitrogen and oxygen atoms in total. The van der Waals surface area contributed by atoms with Gasteiger partial charge < -0.3 is 4.74 Å². The number of aromatic nitrogens is 2. The standard InChI is InChI=1S/C12H11N3O/c1-16-12-9-13-8-11(15-12)14-7-10-5-3-2-4-6-10/h2-9H,1H3/b14-7+. The van der Waals surface area contributed by atoms with Crippen molar-refractivity contribution in [2.24, 2.45) is 4.99 Å². The Morgan fingerprint density at radius 1 is 1.19 bits per heavy atom. The van der Waals surface area contributed by atoms with Crippen molar-refractivity contribution in [1.29, 1.82) is 0 Å². The summed E-state index contributed by atoms with van der Waals surface area (Å²) >= 11 is 0. The zero-order chi connectivity index (χ0) is 11.2. The maximum Gasteiger partial charge on any atom is 0.234 e. The number of methoxy groups -OCH3 is 1. The van der Waals surface area contributed by atoms with E-state index in [1.54, 1.807) is 25.7 Å². The first-order valence-electron chi connectivity index (χ1n) is 4.83. The van der Waals surface area contributed by atoms with E-state index in [2.05, 4.69) is 15.0 Å². The second kappa shape index (κ2) is 5.02. The summed E-state index contributed by atoms with van der Waals surface area (Å²) in [6, 6.07) is 9.81. The number of ether oxygens (including phenoxy) is 1. The molecule has 0 bridgehead atoms. The number of benzene rings is 1. The van der Waals surface area contributed by atoms with Gasteiger partial charge in [-0.15, -0.1) is 0 Å². The second-order valence-electron chi connectivity index (χ2n) is 3.09. The molecule has 1 aromatic heterocycles. The van der Waals surface area contributed by atoms with Gasteiger partial charge in [0.2, 0.25) is 5.88 Å². The van der Waals surface area contributed by atoms with Crippen molar-refractivity contribution in [3.05, 3.63) is 48.3 Å². The third-order valence-corrected chi connectivity index (χ3v) is 1.95. The van der Waals surface area contributed by atoms with Gasteiger partial charge in [-0.2, -0.15) is 4.98 Å². The minimum atomic E-state index is 0.461. The summed E-state index contributed by atoms with van der Waals surface area (Å²) in [6.45, 7) is 0. The van der Waals surface area contributed by atoms with E-state index in [0.717, 1.165) is 5.56 Å². The number of hydrogen-bond donors (Lipinski definition) is 0. The molecular weight excluding hydrogens is 202 g/mol. The van der Waals surface area contributed by atoms with Crippen molar-refractivity contribution in [2.75, 3.05) is 7.11 Å². The number of aliphatic imine (C=N–C) groups is 1. The molecule has 1 aromatic carbocycles. The van der Waals surface area contributed by atoms with Crippen LogP contribution < -0.4 is 4.74 Å². The monoisotopic (exact) mass is 213 g/mol. The molecular formula is C12H11N3O. The highest BCUT2D eigenvalue weighted by Crippen LogP contribution is 2.11. The highest BCUT2D eigenvalue weighted by atomic mass is 16.5. The normalized spacial score (nSPS) is 10.6. The van der Waals surface area contributed by atoms with Crippen LogP contribution in [0.1, 0.15) is 5.56 Å². The first-order chi connectivity index (χ1) is 7.88. The van der Waals surface area contributed by atoms with Gasteiger partial charge in [0.1, 0.15) is 0 Å². The fourth-order valence-electron chi connectivity index (χ4n) is 1.18. The first-order valence-corrected chi connectivity index (χ1v) is 4.83. The molecule has 80 valence electrons. The summed E-state index contributed by atoms with van der Waals surface area (Å²) in [5, 5.41) is 0. The predicted molar refractivity (Wildman–Crippen MR) is 62.3 cm³/mol. The van der Waals surface area contributed by atoms with Crippen LogP contribution in [0.5, 0.6) is 5.88 Å². The van der Waals surface area contributed by atoms with Crippen molar-refractivity contribution in [1.82, 2.24) is 9.97 Å². The van der Waals surface area contributed by atoms with Gasteiger partial charge in [0.05, 0.1) is 19.5 Å². The van der Waals surface area contributed by atoms with Gasteiger partial charge in [0.15, 0.2) is 5.82 Å². The Kier molecular flexibility index (Phi) is 3.23. The Morgan fingerprint density at radius 3 is 2.75 bits per heavy atom. The number of hydrogen-bond acceptors (Lipinski definition) is 4. The molecule has 0 saturated carbocycles. The van der Waals surface area contributed by atoms with E-state index in [1.165, 1.54) is 0 Å². The van der Waals surface area contributed by atoms with E-state index in [1.807, 2.05) is 30.3 Å². The average molecular weight is 213 g/mol. The quantitative estimate of drug-likeness (QED) is 0.734. The van der Waals surface area contributed by atoms with Crippen molar-refractivity contribution < 1.29 is 4.74 Å². The van der Waals surface area contributed by atoms with Crippen LogP contribution in [0.25, 0.3) is 0 Å². The summed E-state index contributed by atoms with van der Waals surface area (Å²) in [7, 11) is 1.55. The predicted octanol–water partition coefficient (Wildman–Crippen LogP) is 2.24. The Morgan fingerprint density at radius 2 is 2.00 bits per heavy atom. The first kappa shape index (κ1) is 10.3. The van der Waals surface area contributed by atoms with Crippen LogP contribution in [0.4, 0.5) is 5.82 Å². The SMILES string of the molecule is COc1cncc(/N=C/c2ccccc2)n1. The Labute approximate surface area is 93.7 Å². The van der Waals surface area contributed by atoms with Gasteiger partial charge in [-0.3, -0.25) is 4.98 Å². The van der Waals surface area contributed by atoms with E-state index < -0.39 is 0 Å². The van der Waals surface area contributed by atoms with Crippen LogP contribution in [-0.2, 0) is 0 Å². The lowest BCUT2D eigenvalue weighted by Gasteiger charge is -1.97. The second-order valence-corrected chi connectivity index (χ2v) is 3.09. The topological polar surface area (TPSA) is 47.4 Å². The molecule has 1 heterocycles. The van der Waals surface area contributed by atoms with Crippen LogP contribution in [0.2, 0.25) is 0 Å². The molecule has 0 radical (unpaired) electrons. The third-order valence-electron chi connectivity index (χ3n) is 1.95. The highest BCUT2D eigenvalue weighted by Gasteiger charge is 1.95. The van der Waals surface area contributed by atoms with E-state index in [0.29, 0.717) is 11.7 Å². The third kappa shape index (κ3) is 2.63. The fraction of sp³-hybridized carbons (Fsp3) is 0.0833. The van der Waals surface area contributed by atoms with Crippen LogP contribution in [0.3, 0.4) is 0 Å². The lowest BCUT2D eigenvalue weighted by Crippen LogP contribution is -1.88. The zero-order valence-corrected chi connectivity index (χ0v) is 8.87. The van der Waals surface area contributed by atoms with Crippen molar-refractivity contribution in [2.45, 2.75) is 0 Å². The molecule has 0 saturated heterocycles. The molecule has 0 atom stereocenters. The number of rotatable bonds is 3. The Hall–Kier alpha value is -2.23. The maximum absolute atomic E-state index is 4.96. The molecule has 2 aromatic rings. The van der Waals surface area contributed by atoms with Crippen LogP contribution >= 0.6 is 0 Å². The molecule has 0 unspecified atom stereocenters. The molecule has 0 N–H and O–H groups in total. The van der Waals surface area contributed by atoms with Gasteiger partial charge in [-0.25, -0.2) is 4.99 Å². The highest BCUT2D eigenvalue weighted by molar-refractivity contribution is 5.81. The van der Waals surface area contributed by atoms with Gasteiger partial charge >= 0.3 is 0 Å². The van der Waals surface area contributed by atoms with Crippen molar-refractivity contribution in [3.8, 4) is 5.88 Å². The lowest BCUT2D eigenvalue weighted by atomic mass is 10.2. The van der Waals surface area contributed by atoms with Crippen molar-refractivity contribution >= 4 is 12.0 Å². The van der Waals surface area contributed by atoms with E-state index in [4.69, 9.17) is 4.74 Å². The number of nitrogens with zero attached hydrogens (tertiary/aromatic N) is 3. The van der Waals surface area contributed by atoms with E-state index in [9.17, 15) is 0 Å². The molecule has 0 fully saturated rings. The molecule has 0 aliphatic carbocycles. The Bertz CT molecular complexity index is 483. The smallest absolute Gasteiger partial charge is 0.234 e. The molecule has 2 rings (SSSR count). The molecule has 4 heteroatoms. The maximum atomic E-state index is 4.96. The fourth-order valence-corrected chi connectivity index (χ4v) is 1.18. The van der Waals surface area contributed by atoms with Crippen LogP contribution in [0.15, 0.2) is 47.7 Å². The summed E-state index contributed by atoms with van der Waals surface area (Å²) in [5.74, 6) is 0.992. The lowest BCUT2D eigenvalue weighted by molar-refractivity contribution is 0.396. The summed E-state index contributed by atoms with van der Waals surface area (Å²) in [6.07, 6.45) is 4.87. The summed E-state index contributed by atoms with van der Waals surface area (Å²) in [4.78, 5) is 12.3. The van der Waals surface area contributed by atoms with Gasteiger partial charge in [-0.1, -0.05) is 30.3 Å². The summed E-state index contributed by atoms with van der Waals surface area (Å²) in [5.41, 5.74) is 1.02. The molecule has 16 heavy (non-hydrogen) atoms. The van der Waals surface area contributed by atoms with Gasteiger partial charge in [0.25, 0.3) is 0 Å². The minimum absolute atomic E-state index is 0.461. The average Bonchev–Trinajstić information content (AvgIpc) is 2.38. The van der Waals surface area contributed by atoms with E-state index in [-0.39, 0.29) is 0 Å². The molecule has 0 aliphatic rings. The zero-order valence-electron chi connectivity index (χ0n) is 8.87. The Balaban J connectivity index is 2.17. The summed E-state index contributed by atoms with van der Waals surface area (Å²) < 4.78 is 4.96. The van der Waals surface area contributed by atoms with Gasteiger partial charge in [-0.05, 0) is 5.56 Å². The molecule has 0 aliphatic heterocycles. The van der Waals surface area contributed by atoms with Crippen LogP contribution in [-0.4, -0.2) is 23.3 Å². The van der Waals surface area contributed by atoms with Gasteiger partial charge in [0, 0.05) is 6.21 Å². The minimum Gasteiger partial charge on any atom is -0.480 e. The largest absolute Gasteiger partial charge is 0.480 e. The molecule has 0 spiro atoms. The van der Waals surface area contributed by atoms with Crippen LogP contribution in [0, 0.1) is 0 Å². The van der Waals surface area contributed by atoms with E-state index >= 15 is 0 Å².